The molecule has 108 valence electrons. The first-order valence-corrected chi connectivity index (χ1v) is 4.91. The van der Waals surface area contributed by atoms with Crippen LogP contribution in [0.5, 0.6) is 5.75 Å². The summed E-state index contributed by atoms with van der Waals surface area (Å²) in [6, 6.07) is 1.61. The summed E-state index contributed by atoms with van der Waals surface area (Å²) in [5.74, 6) is -2.98. The SMILES string of the molecule is O=Cc1ccc(C(O)C(=O)O)c(OC(F)F)c1[N+](=O)[O-]. The van der Waals surface area contributed by atoms with Crippen molar-refractivity contribution in [3.8, 4) is 5.75 Å². The van der Waals surface area contributed by atoms with Gasteiger partial charge in [-0.15, -0.1) is 0 Å². The summed E-state index contributed by atoms with van der Waals surface area (Å²) in [5.41, 5.74) is -2.49. The standard InChI is InChI=1S/C10H7F2NO7/c11-10(12)20-8-5(7(15)9(16)17)2-1-4(3-14)6(8)13(18)19/h1-3,7,10,15H,(H,16,17). The van der Waals surface area contributed by atoms with E-state index in [4.69, 9.17) is 5.11 Å². The number of nitrogens with zero attached hydrogens (tertiary/aromatic N) is 1. The number of aliphatic hydroxyl groups is 1. The Balaban J connectivity index is 3.60. The van der Waals surface area contributed by atoms with Crippen LogP contribution in [0.15, 0.2) is 12.1 Å². The molecule has 0 aliphatic heterocycles. The Morgan fingerprint density at radius 2 is 2.05 bits per heavy atom. The third-order valence-corrected chi connectivity index (χ3v) is 2.24. The van der Waals surface area contributed by atoms with Crippen molar-refractivity contribution >= 4 is 17.9 Å². The fourth-order valence-corrected chi connectivity index (χ4v) is 1.45. The van der Waals surface area contributed by atoms with Gasteiger partial charge < -0.3 is 14.9 Å². The topological polar surface area (TPSA) is 127 Å². The molecule has 1 unspecified atom stereocenters. The number of alkyl halides is 2. The number of aliphatic carboxylic acids is 1. The van der Waals surface area contributed by atoms with Crippen molar-refractivity contribution in [1.29, 1.82) is 0 Å². The van der Waals surface area contributed by atoms with Crippen molar-refractivity contribution < 1.29 is 38.2 Å². The molecule has 1 aromatic rings. The maximum absolute atomic E-state index is 12.3. The monoisotopic (exact) mass is 291 g/mol. The first-order chi connectivity index (χ1) is 9.29. The lowest BCUT2D eigenvalue weighted by atomic mass is 10.0. The molecular formula is C10H7F2NO7. The van der Waals surface area contributed by atoms with Gasteiger partial charge in [-0.05, 0) is 6.07 Å². The highest BCUT2D eigenvalue weighted by Gasteiger charge is 2.31. The van der Waals surface area contributed by atoms with E-state index in [1.165, 1.54) is 0 Å². The highest BCUT2D eigenvalue weighted by atomic mass is 19.3. The van der Waals surface area contributed by atoms with E-state index in [-0.39, 0.29) is 6.29 Å². The van der Waals surface area contributed by atoms with Crippen molar-refractivity contribution in [3.05, 3.63) is 33.4 Å². The van der Waals surface area contributed by atoms with Crippen LogP contribution in [0, 0.1) is 10.1 Å². The normalized spacial score (nSPS) is 12.0. The third-order valence-electron chi connectivity index (χ3n) is 2.24. The Morgan fingerprint density at radius 3 is 2.45 bits per heavy atom. The van der Waals surface area contributed by atoms with Crippen molar-refractivity contribution in [2.24, 2.45) is 0 Å². The van der Waals surface area contributed by atoms with Gasteiger partial charge in [0.1, 0.15) is 0 Å². The van der Waals surface area contributed by atoms with E-state index in [9.17, 15) is 33.6 Å². The first kappa shape index (κ1) is 15.4. The summed E-state index contributed by atoms with van der Waals surface area (Å²) in [5, 5.41) is 28.8. The molecule has 0 aliphatic carbocycles. The van der Waals surface area contributed by atoms with E-state index < -0.39 is 46.2 Å². The number of hydrogen-bond donors (Lipinski definition) is 2. The molecular weight excluding hydrogens is 284 g/mol. The molecule has 2 N–H and O–H groups in total. The second-order valence-electron chi connectivity index (χ2n) is 3.42. The van der Waals surface area contributed by atoms with E-state index in [0.717, 1.165) is 12.1 Å². The molecule has 0 bridgehead atoms. The Labute approximate surface area is 109 Å². The van der Waals surface area contributed by atoms with Gasteiger partial charge >= 0.3 is 18.3 Å². The van der Waals surface area contributed by atoms with Crippen LogP contribution in [0.25, 0.3) is 0 Å². The predicted octanol–water partition coefficient (Wildman–Crippen LogP) is 1.13. The van der Waals surface area contributed by atoms with Gasteiger partial charge in [0.15, 0.2) is 12.4 Å². The third kappa shape index (κ3) is 3.03. The second kappa shape index (κ2) is 6.02. The van der Waals surface area contributed by atoms with Crippen LogP contribution in [-0.4, -0.2) is 34.0 Å². The number of rotatable bonds is 6. The highest BCUT2D eigenvalue weighted by molar-refractivity contribution is 5.86. The summed E-state index contributed by atoms with van der Waals surface area (Å²) >= 11 is 0. The van der Waals surface area contributed by atoms with Crippen LogP contribution in [0.2, 0.25) is 0 Å². The summed E-state index contributed by atoms with van der Waals surface area (Å²) in [4.78, 5) is 30.9. The molecule has 0 radical (unpaired) electrons. The number of aldehydes is 1. The number of nitro benzene ring substituents is 1. The molecule has 0 saturated heterocycles. The summed E-state index contributed by atoms with van der Waals surface area (Å²) in [6.07, 6.45) is -2.30. The average molecular weight is 291 g/mol. The lowest BCUT2D eigenvalue weighted by Crippen LogP contribution is -2.15. The van der Waals surface area contributed by atoms with Gasteiger partial charge in [0.2, 0.25) is 5.75 Å². The highest BCUT2D eigenvalue weighted by Crippen LogP contribution is 2.38. The largest absolute Gasteiger partial charge is 0.479 e. The fourth-order valence-electron chi connectivity index (χ4n) is 1.45. The number of halogens is 2. The Morgan fingerprint density at radius 1 is 1.45 bits per heavy atom. The molecule has 1 aromatic carbocycles. The maximum atomic E-state index is 12.3. The zero-order valence-corrected chi connectivity index (χ0v) is 9.53. The van der Waals surface area contributed by atoms with Gasteiger partial charge in [-0.1, -0.05) is 6.07 Å². The van der Waals surface area contributed by atoms with Crippen LogP contribution >= 0.6 is 0 Å². The molecule has 0 saturated carbocycles. The molecule has 10 heteroatoms. The Kier molecular flexibility index (Phi) is 4.64. The number of carbonyl (C=O) groups excluding carboxylic acids is 1. The summed E-state index contributed by atoms with van der Waals surface area (Å²) < 4.78 is 28.5. The van der Waals surface area contributed by atoms with Crippen LogP contribution in [0.1, 0.15) is 22.0 Å². The second-order valence-corrected chi connectivity index (χ2v) is 3.42. The average Bonchev–Trinajstić information content (AvgIpc) is 2.36. The number of carboxylic acid groups (broad SMARTS) is 1. The van der Waals surface area contributed by atoms with Crippen LogP contribution in [-0.2, 0) is 4.79 Å². The fraction of sp³-hybridized carbons (Fsp3) is 0.200. The van der Waals surface area contributed by atoms with Crippen molar-refractivity contribution in [2.75, 3.05) is 0 Å². The molecule has 1 atom stereocenters. The van der Waals surface area contributed by atoms with Crippen LogP contribution in [0.4, 0.5) is 14.5 Å². The number of aliphatic hydroxyl groups excluding tert-OH is 1. The smallest absolute Gasteiger partial charge is 0.387 e. The number of carbonyl (C=O) groups is 2. The molecule has 8 nitrogen and oxygen atoms in total. The predicted molar refractivity (Wildman–Crippen MR) is 57.7 cm³/mol. The molecule has 20 heavy (non-hydrogen) atoms. The molecule has 0 amide bonds. The molecule has 0 aliphatic rings. The van der Waals surface area contributed by atoms with E-state index >= 15 is 0 Å². The first-order valence-electron chi connectivity index (χ1n) is 4.91. The molecule has 0 heterocycles. The van der Waals surface area contributed by atoms with Gasteiger partial charge in [-0.2, -0.15) is 8.78 Å². The van der Waals surface area contributed by atoms with Gasteiger partial charge in [0, 0.05) is 5.56 Å². The van der Waals surface area contributed by atoms with E-state index in [2.05, 4.69) is 4.74 Å². The molecule has 0 aromatic heterocycles. The number of ether oxygens (including phenoxy) is 1. The van der Waals surface area contributed by atoms with E-state index in [1.54, 1.807) is 0 Å². The number of nitro groups is 1. The summed E-state index contributed by atoms with van der Waals surface area (Å²) in [6.45, 7) is -3.50. The van der Waals surface area contributed by atoms with Crippen molar-refractivity contribution in [2.45, 2.75) is 12.7 Å². The van der Waals surface area contributed by atoms with Gasteiger partial charge in [0.05, 0.1) is 10.5 Å². The van der Waals surface area contributed by atoms with Crippen molar-refractivity contribution in [3.63, 3.8) is 0 Å². The zero-order valence-electron chi connectivity index (χ0n) is 9.53. The minimum Gasteiger partial charge on any atom is -0.479 e. The lowest BCUT2D eigenvalue weighted by Gasteiger charge is -2.13. The maximum Gasteiger partial charge on any atom is 0.387 e. The van der Waals surface area contributed by atoms with Crippen LogP contribution < -0.4 is 4.74 Å². The Bertz CT molecular complexity index is 561. The van der Waals surface area contributed by atoms with Gasteiger partial charge in [-0.3, -0.25) is 14.9 Å². The Hall–Kier alpha value is -2.62. The van der Waals surface area contributed by atoms with E-state index in [1.807, 2.05) is 0 Å². The van der Waals surface area contributed by atoms with Gasteiger partial charge in [0.25, 0.3) is 0 Å². The molecule has 0 fully saturated rings. The minimum atomic E-state index is -3.50. The van der Waals surface area contributed by atoms with Crippen LogP contribution in [0.3, 0.4) is 0 Å². The number of carboxylic acids is 1. The van der Waals surface area contributed by atoms with E-state index in [0.29, 0.717) is 0 Å². The summed E-state index contributed by atoms with van der Waals surface area (Å²) in [7, 11) is 0. The van der Waals surface area contributed by atoms with Gasteiger partial charge in [-0.25, -0.2) is 4.79 Å². The zero-order chi connectivity index (χ0) is 15.4. The lowest BCUT2D eigenvalue weighted by molar-refractivity contribution is -0.386. The van der Waals surface area contributed by atoms with Crippen molar-refractivity contribution in [1.82, 2.24) is 0 Å². The number of hydrogen-bond acceptors (Lipinski definition) is 6. The molecule has 1 rings (SSSR count). The molecule has 0 spiro atoms. The quantitative estimate of drug-likeness (QED) is 0.456. The number of benzene rings is 1. The minimum absolute atomic E-state index is 0.0212.